The molecule has 24 heavy (non-hydrogen) atoms. The number of methoxy groups -OCH3 is 1. The largest absolute Gasteiger partial charge is 0.493 e. The summed E-state index contributed by atoms with van der Waals surface area (Å²) in [7, 11) is 1.48. The summed E-state index contributed by atoms with van der Waals surface area (Å²) in [6.07, 6.45) is 3.35. The van der Waals surface area contributed by atoms with Crippen LogP contribution in [-0.4, -0.2) is 30.4 Å². The maximum atomic E-state index is 12.0. The van der Waals surface area contributed by atoms with Crippen LogP contribution >= 0.6 is 0 Å². The second-order valence-electron chi connectivity index (χ2n) is 5.28. The van der Waals surface area contributed by atoms with E-state index in [2.05, 4.69) is 10.3 Å². The molecule has 0 saturated heterocycles. The van der Waals surface area contributed by atoms with Gasteiger partial charge in [0.05, 0.1) is 13.2 Å². The van der Waals surface area contributed by atoms with Gasteiger partial charge in [0.25, 0.3) is 5.91 Å². The van der Waals surface area contributed by atoms with Gasteiger partial charge in [-0.2, -0.15) is 0 Å². The lowest BCUT2D eigenvalue weighted by molar-refractivity contribution is -0.123. The van der Waals surface area contributed by atoms with Crippen LogP contribution in [0.3, 0.4) is 0 Å². The fourth-order valence-electron chi connectivity index (χ4n) is 2.17. The molecule has 0 saturated carbocycles. The Kier molecular flexibility index (Phi) is 5.89. The molecule has 6 nitrogen and oxygen atoms in total. The van der Waals surface area contributed by atoms with E-state index in [9.17, 15) is 9.59 Å². The Morgan fingerprint density at radius 3 is 2.50 bits per heavy atom. The van der Waals surface area contributed by atoms with Crippen molar-refractivity contribution in [2.24, 2.45) is 0 Å². The summed E-state index contributed by atoms with van der Waals surface area (Å²) in [5, 5.41) is 2.85. The molecule has 0 fully saturated rings. The predicted octanol–water partition coefficient (Wildman–Crippen LogP) is 2.55. The van der Waals surface area contributed by atoms with Gasteiger partial charge < -0.3 is 14.8 Å². The summed E-state index contributed by atoms with van der Waals surface area (Å²) in [6, 6.07) is 8.39. The van der Waals surface area contributed by atoms with Gasteiger partial charge in [-0.15, -0.1) is 0 Å². The molecule has 1 heterocycles. The monoisotopic (exact) mass is 328 g/mol. The number of hydrogen-bond donors (Lipinski definition) is 1. The number of ketones is 1. The number of nitrogens with one attached hydrogen (secondary N) is 1. The third kappa shape index (κ3) is 4.55. The number of ether oxygens (including phenoxy) is 2. The first-order valence-electron chi connectivity index (χ1n) is 7.52. The number of benzene rings is 1. The number of hydrogen-bond acceptors (Lipinski definition) is 5. The van der Waals surface area contributed by atoms with E-state index in [1.165, 1.54) is 14.0 Å². The topological polar surface area (TPSA) is 77.5 Å². The van der Waals surface area contributed by atoms with Crippen LogP contribution in [0.25, 0.3) is 0 Å². The molecule has 6 heteroatoms. The number of aromatic nitrogens is 1. The van der Waals surface area contributed by atoms with Gasteiger partial charge in [-0.05, 0) is 49.7 Å². The number of rotatable bonds is 7. The highest BCUT2D eigenvalue weighted by atomic mass is 16.5. The van der Waals surface area contributed by atoms with Gasteiger partial charge >= 0.3 is 0 Å². The van der Waals surface area contributed by atoms with Crippen molar-refractivity contribution in [3.05, 3.63) is 53.9 Å². The lowest BCUT2D eigenvalue weighted by atomic mass is 10.1. The first-order chi connectivity index (χ1) is 11.5. The van der Waals surface area contributed by atoms with Crippen molar-refractivity contribution < 1.29 is 19.1 Å². The fraction of sp³-hybridized carbons (Fsp3) is 0.278. The number of nitrogens with zero attached hydrogens (tertiary/aromatic N) is 1. The van der Waals surface area contributed by atoms with Crippen LogP contribution in [-0.2, 0) is 4.79 Å². The Labute approximate surface area is 140 Å². The summed E-state index contributed by atoms with van der Waals surface area (Å²) in [4.78, 5) is 27.4. The summed E-state index contributed by atoms with van der Waals surface area (Å²) < 4.78 is 10.7. The zero-order valence-corrected chi connectivity index (χ0v) is 13.9. The molecule has 0 radical (unpaired) electrons. The average molecular weight is 328 g/mol. The summed E-state index contributed by atoms with van der Waals surface area (Å²) >= 11 is 0. The average Bonchev–Trinajstić information content (AvgIpc) is 2.60. The standard InChI is InChI=1S/C18H20N2O4/c1-12(14-6-8-19-9-7-14)20-18(22)11-24-16-5-4-15(13(2)21)10-17(16)23-3/h4-10,12H,11H2,1-3H3,(H,20,22). The van der Waals surface area contributed by atoms with E-state index in [-0.39, 0.29) is 24.3 Å². The van der Waals surface area contributed by atoms with Gasteiger partial charge in [-0.1, -0.05) is 0 Å². The van der Waals surface area contributed by atoms with Crippen molar-refractivity contribution in [2.45, 2.75) is 19.9 Å². The van der Waals surface area contributed by atoms with Crippen molar-refractivity contribution in [1.29, 1.82) is 0 Å². The van der Waals surface area contributed by atoms with Crippen molar-refractivity contribution in [2.75, 3.05) is 13.7 Å². The van der Waals surface area contributed by atoms with E-state index in [4.69, 9.17) is 9.47 Å². The lowest BCUT2D eigenvalue weighted by Crippen LogP contribution is -2.31. The third-order valence-corrected chi connectivity index (χ3v) is 3.51. The van der Waals surface area contributed by atoms with Gasteiger partial charge in [0.15, 0.2) is 23.9 Å². The van der Waals surface area contributed by atoms with Crippen LogP contribution in [0.4, 0.5) is 0 Å². The molecule has 2 aromatic rings. The van der Waals surface area contributed by atoms with Crippen molar-refractivity contribution in [1.82, 2.24) is 10.3 Å². The Bertz CT molecular complexity index is 716. The first kappa shape index (κ1) is 17.5. The van der Waals surface area contributed by atoms with Crippen molar-refractivity contribution >= 4 is 11.7 Å². The van der Waals surface area contributed by atoms with Crippen LogP contribution in [0.1, 0.15) is 35.8 Å². The first-order valence-corrected chi connectivity index (χ1v) is 7.52. The molecule has 0 aliphatic rings. The molecule has 1 N–H and O–H groups in total. The Hall–Kier alpha value is -2.89. The van der Waals surface area contributed by atoms with E-state index in [1.807, 2.05) is 19.1 Å². The maximum absolute atomic E-state index is 12.0. The van der Waals surface area contributed by atoms with E-state index < -0.39 is 0 Å². The number of pyridine rings is 1. The van der Waals surface area contributed by atoms with Crippen LogP contribution in [0.2, 0.25) is 0 Å². The van der Waals surface area contributed by atoms with Crippen LogP contribution < -0.4 is 14.8 Å². The van der Waals surface area contributed by atoms with E-state index >= 15 is 0 Å². The molecule has 0 aliphatic heterocycles. The molecular weight excluding hydrogens is 308 g/mol. The second kappa shape index (κ2) is 8.10. The fourth-order valence-corrected chi connectivity index (χ4v) is 2.17. The highest BCUT2D eigenvalue weighted by Gasteiger charge is 2.12. The smallest absolute Gasteiger partial charge is 0.258 e. The highest BCUT2D eigenvalue weighted by molar-refractivity contribution is 5.94. The zero-order chi connectivity index (χ0) is 17.5. The van der Waals surface area contributed by atoms with Crippen LogP contribution in [0.5, 0.6) is 11.5 Å². The molecule has 1 aromatic heterocycles. The van der Waals surface area contributed by atoms with Gasteiger partial charge in [0.2, 0.25) is 0 Å². The number of carbonyl (C=O) groups excluding carboxylic acids is 2. The van der Waals surface area contributed by atoms with Crippen molar-refractivity contribution in [3.63, 3.8) is 0 Å². The molecule has 2 rings (SSSR count). The molecule has 126 valence electrons. The highest BCUT2D eigenvalue weighted by Crippen LogP contribution is 2.28. The molecular formula is C18H20N2O4. The van der Waals surface area contributed by atoms with E-state index in [1.54, 1.807) is 30.6 Å². The minimum atomic E-state index is -0.253. The summed E-state index contributed by atoms with van der Waals surface area (Å²) in [6.45, 7) is 3.21. The zero-order valence-electron chi connectivity index (χ0n) is 13.9. The number of amides is 1. The predicted molar refractivity (Wildman–Crippen MR) is 89.3 cm³/mol. The Balaban J connectivity index is 1.95. The summed E-state index contributed by atoms with van der Waals surface area (Å²) in [5.74, 6) is 0.507. The molecule has 1 amide bonds. The molecule has 1 unspecified atom stereocenters. The van der Waals surface area contributed by atoms with Crippen LogP contribution in [0, 0.1) is 0 Å². The third-order valence-electron chi connectivity index (χ3n) is 3.51. The van der Waals surface area contributed by atoms with E-state index in [0.29, 0.717) is 17.1 Å². The van der Waals surface area contributed by atoms with Gasteiger partial charge in [0, 0.05) is 18.0 Å². The van der Waals surface area contributed by atoms with Gasteiger partial charge in [-0.25, -0.2) is 0 Å². The van der Waals surface area contributed by atoms with Crippen LogP contribution in [0.15, 0.2) is 42.7 Å². The molecule has 1 atom stereocenters. The van der Waals surface area contributed by atoms with Gasteiger partial charge in [-0.3, -0.25) is 14.6 Å². The van der Waals surface area contributed by atoms with Gasteiger partial charge in [0.1, 0.15) is 0 Å². The minimum absolute atomic E-state index is 0.0660. The quantitative estimate of drug-likeness (QED) is 0.790. The SMILES string of the molecule is COc1cc(C(C)=O)ccc1OCC(=O)NC(C)c1ccncc1. The number of carbonyl (C=O) groups is 2. The lowest BCUT2D eigenvalue weighted by Gasteiger charge is -2.15. The molecule has 0 aliphatic carbocycles. The molecule has 0 bridgehead atoms. The molecule has 1 aromatic carbocycles. The van der Waals surface area contributed by atoms with E-state index in [0.717, 1.165) is 5.56 Å². The maximum Gasteiger partial charge on any atom is 0.258 e. The minimum Gasteiger partial charge on any atom is -0.493 e. The Morgan fingerprint density at radius 2 is 1.88 bits per heavy atom. The normalized spacial score (nSPS) is 11.5. The second-order valence-corrected chi connectivity index (χ2v) is 5.28. The summed E-state index contributed by atoms with van der Waals surface area (Å²) in [5.41, 5.74) is 1.48. The molecule has 0 spiro atoms. The number of Topliss-reactive ketones (excluding diaryl/α,β-unsaturated/α-hetero) is 1. The van der Waals surface area contributed by atoms with Crippen molar-refractivity contribution in [3.8, 4) is 11.5 Å². The Morgan fingerprint density at radius 1 is 1.17 bits per heavy atom.